The summed E-state index contributed by atoms with van der Waals surface area (Å²) in [5.74, 6) is -1.67. The van der Waals surface area contributed by atoms with Gasteiger partial charge in [-0.3, -0.25) is 9.59 Å². The Morgan fingerprint density at radius 2 is 2.03 bits per heavy atom. The summed E-state index contributed by atoms with van der Waals surface area (Å²) in [6.45, 7) is 4.11. The molecule has 3 unspecified atom stereocenters. The number of phenolic OH excluding ortho intramolecular Hbond substituents is 2. The molecule has 0 aromatic heterocycles. The van der Waals surface area contributed by atoms with Crippen LogP contribution in [0.15, 0.2) is 24.3 Å². The van der Waals surface area contributed by atoms with Crippen LogP contribution in [0.1, 0.15) is 56.3 Å². The van der Waals surface area contributed by atoms with Crippen LogP contribution in [0.5, 0.6) is 11.5 Å². The molecule has 1 aromatic carbocycles. The number of ketones is 1. The molecule has 33 heavy (non-hydrogen) atoms. The van der Waals surface area contributed by atoms with E-state index in [1.165, 1.54) is 19.2 Å². The van der Waals surface area contributed by atoms with Crippen LogP contribution >= 0.6 is 0 Å². The maximum atomic E-state index is 13.1. The number of carbonyl (C=O) groups is 3. The molecule has 1 aromatic rings. The third-order valence-corrected chi connectivity index (χ3v) is 8.61. The number of esters is 1. The van der Waals surface area contributed by atoms with Gasteiger partial charge in [0.1, 0.15) is 17.0 Å². The number of hydrogen-bond donors (Lipinski definition) is 3. The zero-order valence-electron chi connectivity index (χ0n) is 19.0. The largest absolute Gasteiger partial charge is 0.506 e. The lowest BCUT2D eigenvalue weighted by atomic mass is 9.51. The third-order valence-electron chi connectivity index (χ3n) is 8.61. The highest BCUT2D eigenvalue weighted by atomic mass is 16.5. The number of benzene rings is 1. The van der Waals surface area contributed by atoms with E-state index >= 15 is 0 Å². The van der Waals surface area contributed by atoms with Gasteiger partial charge in [-0.25, -0.2) is 4.79 Å². The highest BCUT2D eigenvalue weighted by molar-refractivity contribution is 6.01. The minimum absolute atomic E-state index is 0.00635. The predicted octanol–water partition coefficient (Wildman–Crippen LogP) is 3.32. The van der Waals surface area contributed by atoms with E-state index in [1.807, 2.05) is 6.92 Å². The van der Waals surface area contributed by atoms with Crippen molar-refractivity contribution in [1.82, 2.24) is 0 Å². The van der Waals surface area contributed by atoms with Gasteiger partial charge in [-0.1, -0.05) is 13.0 Å². The van der Waals surface area contributed by atoms with Gasteiger partial charge in [0.2, 0.25) is 5.91 Å². The minimum atomic E-state index is -0.792. The molecule has 3 aliphatic carbocycles. The Morgan fingerprint density at radius 1 is 1.27 bits per heavy atom. The molecule has 0 radical (unpaired) electrons. The van der Waals surface area contributed by atoms with Crippen LogP contribution in [-0.2, 0) is 19.1 Å². The quantitative estimate of drug-likeness (QED) is 0.460. The zero-order valence-corrected chi connectivity index (χ0v) is 19.0. The number of hydrogen-bond acceptors (Lipinski definition) is 7. The highest BCUT2D eigenvalue weighted by Gasteiger charge is 2.71. The Balaban J connectivity index is 1.35. The summed E-state index contributed by atoms with van der Waals surface area (Å²) in [6.07, 6.45) is 7.00. The first-order chi connectivity index (χ1) is 15.5. The fraction of sp³-hybridized carbons (Fsp3) is 0.560. The molecule has 2 aliphatic heterocycles. The number of methoxy groups -OCH3 is 1. The second-order valence-electron chi connectivity index (χ2n) is 10.5. The molecule has 3 N–H and O–H groups in total. The molecule has 4 bridgehead atoms. The number of amides is 1. The second kappa shape index (κ2) is 7.06. The number of ether oxygens (including phenoxy) is 2. The van der Waals surface area contributed by atoms with Gasteiger partial charge in [-0.15, -0.1) is 0 Å². The number of rotatable bonds is 5. The van der Waals surface area contributed by atoms with E-state index in [-0.39, 0.29) is 52.2 Å². The monoisotopic (exact) mass is 455 g/mol. The van der Waals surface area contributed by atoms with Crippen molar-refractivity contribution in [3.8, 4) is 11.5 Å². The van der Waals surface area contributed by atoms with Crippen LogP contribution < -0.4 is 5.32 Å². The lowest BCUT2D eigenvalue weighted by molar-refractivity contribution is -0.169. The summed E-state index contributed by atoms with van der Waals surface area (Å²) in [5.41, 5.74) is -1.36. The minimum Gasteiger partial charge on any atom is -0.506 e. The smallest absolute Gasteiger partial charge is 0.341 e. The molecule has 4 fully saturated rings. The average Bonchev–Trinajstić information content (AvgIpc) is 3.13. The molecular formula is C25H29NO7. The molecule has 2 saturated carbocycles. The normalized spacial score (nSPS) is 37.8. The molecule has 6 atom stereocenters. The van der Waals surface area contributed by atoms with Crippen LogP contribution in [-0.4, -0.2) is 46.7 Å². The molecule has 8 heteroatoms. The van der Waals surface area contributed by atoms with E-state index in [0.29, 0.717) is 12.3 Å². The summed E-state index contributed by atoms with van der Waals surface area (Å²) in [5, 5.41) is 23.0. The predicted molar refractivity (Wildman–Crippen MR) is 118 cm³/mol. The lowest BCUT2D eigenvalue weighted by Crippen LogP contribution is -2.56. The van der Waals surface area contributed by atoms with Crippen molar-refractivity contribution in [2.24, 2.45) is 22.7 Å². The molecular weight excluding hydrogens is 426 g/mol. The topological polar surface area (TPSA) is 122 Å². The van der Waals surface area contributed by atoms with E-state index in [2.05, 4.69) is 23.1 Å². The summed E-state index contributed by atoms with van der Waals surface area (Å²) in [6, 6.07) is 2.41. The van der Waals surface area contributed by atoms with Gasteiger partial charge in [0, 0.05) is 17.8 Å². The molecule has 1 amide bonds. The summed E-state index contributed by atoms with van der Waals surface area (Å²) < 4.78 is 11.0. The Bertz CT molecular complexity index is 1100. The van der Waals surface area contributed by atoms with Gasteiger partial charge in [0.15, 0.2) is 11.5 Å². The van der Waals surface area contributed by atoms with Crippen LogP contribution in [0.4, 0.5) is 5.69 Å². The van der Waals surface area contributed by atoms with Crippen LogP contribution in [0.25, 0.3) is 0 Å². The number of carbonyl (C=O) groups excluding carboxylic acids is 3. The molecule has 2 heterocycles. The van der Waals surface area contributed by atoms with Crippen molar-refractivity contribution in [2.45, 2.75) is 57.7 Å². The highest BCUT2D eigenvalue weighted by Crippen LogP contribution is 2.71. The molecule has 8 nitrogen and oxygen atoms in total. The number of allylic oxidation sites excluding steroid dienone is 2. The van der Waals surface area contributed by atoms with Crippen LogP contribution in [0, 0.1) is 22.7 Å². The van der Waals surface area contributed by atoms with Crippen molar-refractivity contribution in [1.29, 1.82) is 0 Å². The summed E-state index contributed by atoms with van der Waals surface area (Å²) in [7, 11) is 1.17. The summed E-state index contributed by atoms with van der Waals surface area (Å²) in [4.78, 5) is 37.7. The molecule has 2 saturated heterocycles. The first-order valence-electron chi connectivity index (χ1n) is 11.4. The van der Waals surface area contributed by atoms with Crippen molar-refractivity contribution < 1.29 is 34.1 Å². The van der Waals surface area contributed by atoms with E-state index in [4.69, 9.17) is 4.74 Å². The third kappa shape index (κ3) is 3.03. The van der Waals surface area contributed by atoms with E-state index < -0.39 is 23.0 Å². The fourth-order valence-electron chi connectivity index (χ4n) is 7.19. The van der Waals surface area contributed by atoms with E-state index in [1.54, 1.807) is 6.08 Å². The maximum absolute atomic E-state index is 13.1. The van der Waals surface area contributed by atoms with Crippen LogP contribution in [0.3, 0.4) is 0 Å². The molecule has 5 aliphatic rings. The van der Waals surface area contributed by atoms with Gasteiger partial charge in [0.25, 0.3) is 0 Å². The number of aromatic hydroxyl groups is 2. The van der Waals surface area contributed by atoms with Crippen molar-refractivity contribution >= 4 is 23.3 Å². The lowest BCUT2D eigenvalue weighted by Gasteiger charge is -2.55. The van der Waals surface area contributed by atoms with Gasteiger partial charge >= 0.3 is 5.97 Å². The maximum Gasteiger partial charge on any atom is 0.341 e. The second-order valence-corrected chi connectivity index (χ2v) is 10.5. The number of anilines is 1. The number of phenols is 2. The van der Waals surface area contributed by atoms with E-state index in [0.717, 1.165) is 19.3 Å². The van der Waals surface area contributed by atoms with Gasteiger partial charge < -0.3 is 25.0 Å². The first-order valence-corrected chi connectivity index (χ1v) is 11.4. The van der Waals surface area contributed by atoms with Crippen molar-refractivity contribution in [3.63, 3.8) is 0 Å². The zero-order chi connectivity index (χ0) is 23.8. The Morgan fingerprint density at radius 3 is 2.73 bits per heavy atom. The Labute approximate surface area is 192 Å². The Kier molecular flexibility index (Phi) is 4.70. The van der Waals surface area contributed by atoms with Crippen LogP contribution in [0.2, 0.25) is 0 Å². The van der Waals surface area contributed by atoms with Crippen molar-refractivity contribution in [3.05, 3.63) is 29.8 Å². The molecule has 1 spiro atoms. The van der Waals surface area contributed by atoms with Crippen molar-refractivity contribution in [2.75, 3.05) is 12.4 Å². The fourth-order valence-corrected chi connectivity index (χ4v) is 7.19. The van der Waals surface area contributed by atoms with Gasteiger partial charge in [-0.05, 0) is 62.1 Å². The summed E-state index contributed by atoms with van der Waals surface area (Å²) >= 11 is 0. The van der Waals surface area contributed by atoms with Gasteiger partial charge in [-0.2, -0.15) is 0 Å². The molecule has 176 valence electrons. The van der Waals surface area contributed by atoms with Gasteiger partial charge in [0.05, 0.1) is 18.8 Å². The average molecular weight is 456 g/mol. The first kappa shape index (κ1) is 21.9. The molecule has 6 rings (SSSR count). The number of nitrogens with one attached hydrogen (secondary N) is 1. The standard InChI is InChI=1S/C25H29NO7/c1-23(8-7-18(29)26-19-15(27)5-4-14(20(19)30)22(31)32-3)17(28)6-9-25-11-13-10-16(21(23)25)33-24(13,2)12-25/h4-6,9,13,16,21,27,30H,7-8,10-12H2,1-3H3,(H,26,29)/t13-,16?,21?,23?,24+,25-/m0/s1. The Hall–Kier alpha value is -2.87. The SMILES string of the molecule is COC(=O)c1ccc(O)c(NC(=O)CCC2(C)C(=O)C=C[C@]34C[C@@H]5CC(O[C@]5(C)C3)C24)c1O. The van der Waals surface area contributed by atoms with E-state index in [9.17, 15) is 24.6 Å².